The van der Waals surface area contributed by atoms with Crippen molar-refractivity contribution in [1.82, 2.24) is 0 Å². The molecule has 0 aliphatic carbocycles. The van der Waals surface area contributed by atoms with E-state index in [4.69, 9.17) is 22.1 Å². The van der Waals surface area contributed by atoms with E-state index in [1.54, 1.807) is 12.1 Å². The maximum absolute atomic E-state index is 13.7. The zero-order chi connectivity index (χ0) is 15.4. The van der Waals surface area contributed by atoms with Crippen molar-refractivity contribution in [3.05, 3.63) is 63.9 Å². The maximum Gasteiger partial charge on any atom is 0.131 e. The standard InChI is InChI=1S/C17H19ClFNO/c1-11-6-7-17(13(8-11)9-12(2)20)21-10-14-15(18)4-3-5-16(14)19/h3-8,12H,9-10,20H2,1-2H3. The van der Waals surface area contributed by atoms with Gasteiger partial charge in [-0.25, -0.2) is 4.39 Å². The SMILES string of the molecule is Cc1ccc(OCc2c(F)cccc2Cl)c(CC(C)N)c1. The molecule has 1 atom stereocenters. The first-order chi connectivity index (χ1) is 9.97. The van der Waals surface area contributed by atoms with E-state index in [1.165, 1.54) is 6.07 Å². The molecule has 0 fully saturated rings. The predicted octanol–water partition coefficient (Wildman–Crippen LogP) is 4.26. The molecule has 0 aliphatic rings. The Kier molecular flexibility index (Phi) is 5.21. The van der Waals surface area contributed by atoms with Crippen LogP contribution in [0.2, 0.25) is 5.02 Å². The van der Waals surface area contributed by atoms with Crippen molar-refractivity contribution in [3.8, 4) is 5.75 Å². The lowest BCUT2D eigenvalue weighted by molar-refractivity contribution is 0.296. The van der Waals surface area contributed by atoms with Crippen molar-refractivity contribution in [2.75, 3.05) is 0 Å². The summed E-state index contributed by atoms with van der Waals surface area (Å²) >= 11 is 6.01. The van der Waals surface area contributed by atoms with Crippen molar-refractivity contribution in [2.24, 2.45) is 5.73 Å². The van der Waals surface area contributed by atoms with E-state index < -0.39 is 0 Å². The topological polar surface area (TPSA) is 35.2 Å². The second-order valence-corrected chi connectivity index (χ2v) is 5.69. The van der Waals surface area contributed by atoms with Crippen molar-refractivity contribution in [3.63, 3.8) is 0 Å². The Hall–Kier alpha value is -1.58. The fourth-order valence-electron chi connectivity index (χ4n) is 2.18. The van der Waals surface area contributed by atoms with Gasteiger partial charge in [0, 0.05) is 11.6 Å². The summed E-state index contributed by atoms with van der Waals surface area (Å²) < 4.78 is 19.5. The number of aryl methyl sites for hydroxylation is 1. The smallest absolute Gasteiger partial charge is 0.131 e. The molecule has 0 amide bonds. The third-order valence-corrected chi connectivity index (χ3v) is 3.55. The molecule has 0 aliphatic heterocycles. The van der Waals surface area contributed by atoms with Gasteiger partial charge in [-0.15, -0.1) is 0 Å². The number of rotatable bonds is 5. The van der Waals surface area contributed by atoms with Crippen molar-refractivity contribution in [2.45, 2.75) is 32.9 Å². The summed E-state index contributed by atoms with van der Waals surface area (Å²) in [6, 6.07) is 10.5. The van der Waals surface area contributed by atoms with E-state index >= 15 is 0 Å². The quantitative estimate of drug-likeness (QED) is 0.896. The van der Waals surface area contributed by atoms with E-state index in [-0.39, 0.29) is 18.5 Å². The van der Waals surface area contributed by atoms with E-state index in [2.05, 4.69) is 0 Å². The summed E-state index contributed by atoms with van der Waals surface area (Å²) in [4.78, 5) is 0. The lowest BCUT2D eigenvalue weighted by Crippen LogP contribution is -2.18. The van der Waals surface area contributed by atoms with Crippen LogP contribution in [0.5, 0.6) is 5.75 Å². The monoisotopic (exact) mass is 307 g/mol. The van der Waals surface area contributed by atoms with Gasteiger partial charge in [-0.1, -0.05) is 35.4 Å². The average Bonchev–Trinajstić information content (AvgIpc) is 2.39. The summed E-state index contributed by atoms with van der Waals surface area (Å²) in [5, 5.41) is 0.371. The average molecular weight is 308 g/mol. The molecule has 0 radical (unpaired) electrons. The van der Waals surface area contributed by atoms with E-state index in [9.17, 15) is 4.39 Å². The van der Waals surface area contributed by atoms with Crippen LogP contribution in [0.15, 0.2) is 36.4 Å². The zero-order valence-electron chi connectivity index (χ0n) is 12.2. The molecule has 2 rings (SSSR count). The maximum atomic E-state index is 13.7. The van der Waals surface area contributed by atoms with Gasteiger partial charge in [0.2, 0.25) is 0 Å². The highest BCUT2D eigenvalue weighted by Crippen LogP contribution is 2.25. The minimum absolute atomic E-state index is 0.0335. The van der Waals surface area contributed by atoms with Gasteiger partial charge in [-0.2, -0.15) is 0 Å². The Morgan fingerprint density at radius 1 is 1.29 bits per heavy atom. The third-order valence-electron chi connectivity index (χ3n) is 3.19. The normalized spacial score (nSPS) is 12.2. The van der Waals surface area contributed by atoms with Crippen LogP contribution in [0, 0.1) is 12.7 Å². The van der Waals surface area contributed by atoms with E-state index in [0.29, 0.717) is 17.0 Å². The van der Waals surface area contributed by atoms with Crippen LogP contribution < -0.4 is 10.5 Å². The molecule has 112 valence electrons. The van der Waals surface area contributed by atoms with Crippen LogP contribution in [-0.2, 0) is 13.0 Å². The second kappa shape index (κ2) is 6.92. The van der Waals surface area contributed by atoms with Crippen LogP contribution in [-0.4, -0.2) is 6.04 Å². The Balaban J connectivity index is 2.20. The molecule has 21 heavy (non-hydrogen) atoms. The molecule has 0 heterocycles. The lowest BCUT2D eigenvalue weighted by Gasteiger charge is -2.15. The van der Waals surface area contributed by atoms with Gasteiger partial charge in [0.25, 0.3) is 0 Å². The zero-order valence-corrected chi connectivity index (χ0v) is 13.0. The van der Waals surface area contributed by atoms with Gasteiger partial charge < -0.3 is 10.5 Å². The second-order valence-electron chi connectivity index (χ2n) is 5.28. The molecular formula is C17H19ClFNO. The summed E-state index contributed by atoms with van der Waals surface area (Å²) in [6.07, 6.45) is 0.710. The number of ether oxygens (including phenoxy) is 1. The molecule has 4 heteroatoms. The van der Waals surface area contributed by atoms with Crippen molar-refractivity contribution in [1.29, 1.82) is 0 Å². The van der Waals surface area contributed by atoms with Gasteiger partial charge in [0.05, 0.1) is 5.02 Å². The summed E-state index contributed by atoms with van der Waals surface area (Å²) in [7, 11) is 0. The first kappa shape index (κ1) is 15.8. The number of hydrogen-bond donors (Lipinski definition) is 1. The molecule has 0 saturated heterocycles. The molecule has 0 aromatic heterocycles. The van der Waals surface area contributed by atoms with Gasteiger partial charge in [0.1, 0.15) is 18.2 Å². The van der Waals surface area contributed by atoms with E-state index in [1.807, 2.05) is 32.0 Å². The van der Waals surface area contributed by atoms with Crippen LogP contribution in [0.3, 0.4) is 0 Å². The van der Waals surface area contributed by atoms with Crippen LogP contribution in [0.1, 0.15) is 23.6 Å². The molecule has 2 N–H and O–H groups in total. The Bertz CT molecular complexity index is 608. The summed E-state index contributed by atoms with van der Waals surface area (Å²) in [5.74, 6) is 0.362. The highest BCUT2D eigenvalue weighted by molar-refractivity contribution is 6.31. The van der Waals surface area contributed by atoms with E-state index in [0.717, 1.165) is 16.9 Å². The minimum atomic E-state index is -0.358. The molecule has 0 bridgehead atoms. The van der Waals surface area contributed by atoms with Gasteiger partial charge in [-0.3, -0.25) is 0 Å². The van der Waals surface area contributed by atoms with Crippen LogP contribution >= 0.6 is 11.6 Å². The number of halogens is 2. The first-order valence-corrected chi connectivity index (χ1v) is 7.26. The summed E-state index contributed by atoms with van der Waals surface area (Å²) in [5.41, 5.74) is 8.40. The number of hydrogen-bond acceptors (Lipinski definition) is 2. The van der Waals surface area contributed by atoms with Crippen molar-refractivity contribution >= 4 is 11.6 Å². The molecule has 0 spiro atoms. The van der Waals surface area contributed by atoms with Crippen LogP contribution in [0.4, 0.5) is 4.39 Å². The highest BCUT2D eigenvalue weighted by Gasteiger charge is 2.11. The Morgan fingerprint density at radius 3 is 2.71 bits per heavy atom. The van der Waals surface area contributed by atoms with Crippen LogP contribution in [0.25, 0.3) is 0 Å². The fourth-order valence-corrected chi connectivity index (χ4v) is 2.39. The van der Waals surface area contributed by atoms with Gasteiger partial charge >= 0.3 is 0 Å². The van der Waals surface area contributed by atoms with Gasteiger partial charge in [-0.05, 0) is 44.0 Å². The molecule has 0 saturated carbocycles. The molecule has 1 unspecified atom stereocenters. The third kappa shape index (κ3) is 4.19. The fraction of sp³-hybridized carbons (Fsp3) is 0.294. The largest absolute Gasteiger partial charge is 0.488 e. The molecular weight excluding hydrogens is 289 g/mol. The summed E-state index contributed by atoms with van der Waals surface area (Å²) in [6.45, 7) is 4.06. The number of nitrogens with two attached hydrogens (primary N) is 1. The molecule has 2 aromatic carbocycles. The highest BCUT2D eigenvalue weighted by atomic mass is 35.5. The predicted molar refractivity (Wildman–Crippen MR) is 84.3 cm³/mol. The number of benzene rings is 2. The molecule has 2 aromatic rings. The Morgan fingerprint density at radius 2 is 2.05 bits per heavy atom. The minimum Gasteiger partial charge on any atom is -0.488 e. The first-order valence-electron chi connectivity index (χ1n) is 6.88. The van der Waals surface area contributed by atoms with Crippen molar-refractivity contribution < 1.29 is 9.13 Å². The van der Waals surface area contributed by atoms with Gasteiger partial charge in [0.15, 0.2) is 0 Å². The lowest BCUT2D eigenvalue weighted by atomic mass is 10.0. The molecule has 2 nitrogen and oxygen atoms in total. The Labute approximate surface area is 129 Å².